The SMILES string of the molecule is O=C(Cn1cc(Br)ccc1=O)Nc1ccc(Br)cc1F. The number of aromatic nitrogens is 1. The molecule has 0 unspecified atom stereocenters. The van der Waals surface area contributed by atoms with Gasteiger partial charge in [-0.05, 0) is 40.2 Å². The Morgan fingerprint density at radius 1 is 1.20 bits per heavy atom. The Bertz CT molecular complexity index is 716. The van der Waals surface area contributed by atoms with Crippen LogP contribution in [0.5, 0.6) is 0 Å². The summed E-state index contributed by atoms with van der Waals surface area (Å²) in [4.78, 5) is 23.4. The van der Waals surface area contributed by atoms with E-state index in [0.29, 0.717) is 8.95 Å². The van der Waals surface area contributed by atoms with Gasteiger partial charge in [0.1, 0.15) is 12.4 Å². The molecule has 1 amide bonds. The molecule has 7 heteroatoms. The van der Waals surface area contributed by atoms with Crippen molar-refractivity contribution in [2.24, 2.45) is 0 Å². The number of benzene rings is 1. The molecule has 0 saturated carbocycles. The van der Waals surface area contributed by atoms with Crippen molar-refractivity contribution < 1.29 is 9.18 Å². The first-order valence-corrected chi connectivity index (χ1v) is 7.15. The first-order chi connectivity index (χ1) is 9.45. The van der Waals surface area contributed by atoms with Gasteiger partial charge in [0.15, 0.2) is 0 Å². The summed E-state index contributed by atoms with van der Waals surface area (Å²) in [5.74, 6) is -1.03. The van der Waals surface area contributed by atoms with Crippen LogP contribution in [0.2, 0.25) is 0 Å². The van der Waals surface area contributed by atoms with Crippen molar-refractivity contribution in [3.8, 4) is 0 Å². The zero-order chi connectivity index (χ0) is 14.7. The van der Waals surface area contributed by atoms with Crippen LogP contribution < -0.4 is 10.9 Å². The van der Waals surface area contributed by atoms with Crippen LogP contribution in [0.1, 0.15) is 0 Å². The molecule has 1 aromatic carbocycles. The number of nitrogens with one attached hydrogen (secondary N) is 1. The fraction of sp³-hybridized carbons (Fsp3) is 0.0769. The van der Waals surface area contributed by atoms with Crippen molar-refractivity contribution in [2.75, 3.05) is 5.32 Å². The van der Waals surface area contributed by atoms with Gasteiger partial charge in [-0.15, -0.1) is 0 Å². The predicted molar refractivity (Wildman–Crippen MR) is 81.1 cm³/mol. The first kappa shape index (κ1) is 14.9. The van der Waals surface area contributed by atoms with E-state index in [0.717, 1.165) is 0 Å². The lowest BCUT2D eigenvalue weighted by atomic mass is 10.3. The van der Waals surface area contributed by atoms with Crippen molar-refractivity contribution in [2.45, 2.75) is 6.54 Å². The minimum atomic E-state index is -0.547. The largest absolute Gasteiger partial charge is 0.322 e. The molecule has 0 bridgehead atoms. The molecule has 2 rings (SSSR count). The summed E-state index contributed by atoms with van der Waals surface area (Å²) in [5, 5.41) is 2.42. The highest BCUT2D eigenvalue weighted by Gasteiger charge is 2.09. The highest BCUT2D eigenvalue weighted by Crippen LogP contribution is 2.19. The Morgan fingerprint density at radius 2 is 1.90 bits per heavy atom. The van der Waals surface area contributed by atoms with E-state index in [1.54, 1.807) is 12.1 Å². The summed E-state index contributed by atoms with van der Waals surface area (Å²) in [5.41, 5.74) is -0.235. The number of pyridine rings is 1. The fourth-order valence-electron chi connectivity index (χ4n) is 1.56. The third-order valence-corrected chi connectivity index (χ3v) is 3.43. The second-order valence-electron chi connectivity index (χ2n) is 3.99. The summed E-state index contributed by atoms with van der Waals surface area (Å²) in [7, 11) is 0. The van der Waals surface area contributed by atoms with Gasteiger partial charge in [0, 0.05) is 21.2 Å². The van der Waals surface area contributed by atoms with Gasteiger partial charge in [-0.3, -0.25) is 9.59 Å². The molecule has 20 heavy (non-hydrogen) atoms. The smallest absolute Gasteiger partial charge is 0.251 e. The highest BCUT2D eigenvalue weighted by molar-refractivity contribution is 9.10. The Morgan fingerprint density at radius 3 is 2.60 bits per heavy atom. The Labute approximate surface area is 130 Å². The molecule has 0 atom stereocenters. The maximum atomic E-state index is 13.6. The normalized spacial score (nSPS) is 10.3. The zero-order valence-electron chi connectivity index (χ0n) is 10.1. The van der Waals surface area contributed by atoms with E-state index in [2.05, 4.69) is 37.2 Å². The molecule has 4 nitrogen and oxygen atoms in total. The molecule has 1 N–H and O–H groups in total. The van der Waals surface area contributed by atoms with Crippen molar-refractivity contribution >= 4 is 43.5 Å². The van der Waals surface area contributed by atoms with Gasteiger partial charge < -0.3 is 9.88 Å². The molecule has 0 fully saturated rings. The van der Waals surface area contributed by atoms with Gasteiger partial charge in [-0.1, -0.05) is 15.9 Å². The molecule has 1 heterocycles. The summed E-state index contributed by atoms with van der Waals surface area (Å²) in [6, 6.07) is 7.24. The van der Waals surface area contributed by atoms with Crippen LogP contribution in [0, 0.1) is 5.82 Å². The number of anilines is 1. The Kier molecular flexibility index (Phi) is 4.72. The van der Waals surface area contributed by atoms with E-state index >= 15 is 0 Å². The van der Waals surface area contributed by atoms with E-state index in [1.165, 1.54) is 29.0 Å². The Hall–Kier alpha value is -1.47. The summed E-state index contributed by atoms with van der Waals surface area (Å²) in [6.45, 7) is -0.187. The van der Waals surface area contributed by atoms with Crippen molar-refractivity contribution in [3.63, 3.8) is 0 Å². The van der Waals surface area contributed by atoms with Crippen LogP contribution in [-0.2, 0) is 11.3 Å². The lowest BCUT2D eigenvalue weighted by Crippen LogP contribution is -2.26. The summed E-state index contributed by atoms with van der Waals surface area (Å²) in [6.07, 6.45) is 1.50. The van der Waals surface area contributed by atoms with Gasteiger partial charge in [0.05, 0.1) is 5.69 Å². The van der Waals surface area contributed by atoms with Gasteiger partial charge in [0.2, 0.25) is 5.91 Å². The number of carbonyl (C=O) groups is 1. The lowest BCUT2D eigenvalue weighted by molar-refractivity contribution is -0.116. The maximum Gasteiger partial charge on any atom is 0.251 e. The molecular weight excluding hydrogens is 395 g/mol. The van der Waals surface area contributed by atoms with Crippen molar-refractivity contribution in [3.05, 3.63) is 61.6 Å². The van der Waals surface area contributed by atoms with E-state index in [1.807, 2.05) is 0 Å². The molecule has 0 spiro atoms. The fourth-order valence-corrected chi connectivity index (χ4v) is 2.27. The second kappa shape index (κ2) is 6.32. The van der Waals surface area contributed by atoms with Crippen LogP contribution in [-0.4, -0.2) is 10.5 Å². The molecular formula is C13H9Br2FN2O2. The van der Waals surface area contributed by atoms with E-state index < -0.39 is 11.7 Å². The topological polar surface area (TPSA) is 51.1 Å². The monoisotopic (exact) mass is 402 g/mol. The van der Waals surface area contributed by atoms with Gasteiger partial charge >= 0.3 is 0 Å². The number of hydrogen-bond donors (Lipinski definition) is 1. The van der Waals surface area contributed by atoms with E-state index in [9.17, 15) is 14.0 Å². The van der Waals surface area contributed by atoms with Crippen LogP contribution in [0.4, 0.5) is 10.1 Å². The van der Waals surface area contributed by atoms with Crippen LogP contribution >= 0.6 is 31.9 Å². The average molecular weight is 404 g/mol. The van der Waals surface area contributed by atoms with Crippen LogP contribution in [0.3, 0.4) is 0 Å². The average Bonchev–Trinajstić information content (AvgIpc) is 2.37. The number of halogens is 3. The quantitative estimate of drug-likeness (QED) is 0.855. The standard InChI is InChI=1S/C13H9Br2FN2O2/c14-8-1-3-11(10(16)5-8)17-12(19)7-18-6-9(15)2-4-13(18)20/h1-6H,7H2,(H,17,19). The molecule has 0 aliphatic carbocycles. The van der Waals surface area contributed by atoms with Gasteiger partial charge in [0.25, 0.3) is 5.56 Å². The maximum absolute atomic E-state index is 13.6. The summed E-state index contributed by atoms with van der Waals surface area (Å²) < 4.78 is 16.1. The number of rotatable bonds is 3. The lowest BCUT2D eigenvalue weighted by Gasteiger charge is -2.08. The van der Waals surface area contributed by atoms with E-state index in [4.69, 9.17) is 0 Å². The molecule has 2 aromatic rings. The molecule has 0 radical (unpaired) electrons. The van der Waals surface area contributed by atoms with Crippen LogP contribution in [0.25, 0.3) is 0 Å². The number of carbonyl (C=O) groups excluding carboxylic acids is 1. The minimum absolute atomic E-state index is 0.0706. The predicted octanol–water partition coefficient (Wildman–Crippen LogP) is 3.15. The van der Waals surface area contributed by atoms with Gasteiger partial charge in [-0.2, -0.15) is 0 Å². The third kappa shape index (κ3) is 3.77. The number of hydrogen-bond acceptors (Lipinski definition) is 2. The van der Waals surface area contributed by atoms with Crippen molar-refractivity contribution in [1.82, 2.24) is 4.57 Å². The molecule has 0 saturated heterocycles. The Balaban J connectivity index is 2.13. The van der Waals surface area contributed by atoms with Gasteiger partial charge in [-0.25, -0.2) is 4.39 Å². The first-order valence-electron chi connectivity index (χ1n) is 5.56. The third-order valence-electron chi connectivity index (χ3n) is 2.47. The minimum Gasteiger partial charge on any atom is -0.322 e. The molecule has 104 valence electrons. The summed E-state index contributed by atoms with van der Waals surface area (Å²) >= 11 is 6.35. The van der Waals surface area contributed by atoms with E-state index in [-0.39, 0.29) is 17.8 Å². The molecule has 1 aromatic heterocycles. The highest BCUT2D eigenvalue weighted by atomic mass is 79.9. The van der Waals surface area contributed by atoms with Crippen LogP contribution in [0.15, 0.2) is 50.3 Å². The second-order valence-corrected chi connectivity index (χ2v) is 5.82. The van der Waals surface area contributed by atoms with Crippen molar-refractivity contribution in [1.29, 1.82) is 0 Å². The number of nitrogens with zero attached hydrogens (tertiary/aromatic N) is 1. The zero-order valence-corrected chi connectivity index (χ0v) is 13.2. The molecule has 0 aliphatic rings. The number of amides is 1. The molecule has 0 aliphatic heterocycles.